The predicted molar refractivity (Wildman–Crippen MR) is 74.7 cm³/mol. The van der Waals surface area contributed by atoms with E-state index in [0.717, 1.165) is 12.2 Å². The highest BCUT2D eigenvalue weighted by atomic mass is 15.1. The van der Waals surface area contributed by atoms with Crippen LogP contribution in [0, 0.1) is 0 Å². The smallest absolute Gasteiger partial charge is 0.127 e. The molecule has 0 saturated carbocycles. The Hall–Kier alpha value is -1.09. The Labute approximate surface area is 105 Å². The molecule has 1 atom stereocenters. The van der Waals surface area contributed by atoms with Crippen LogP contribution in [-0.2, 0) is 5.41 Å². The van der Waals surface area contributed by atoms with Crippen molar-refractivity contribution in [2.45, 2.75) is 38.6 Å². The maximum absolute atomic E-state index is 4.48. The van der Waals surface area contributed by atoms with Crippen molar-refractivity contribution in [2.75, 3.05) is 26.0 Å². The molecule has 0 saturated heterocycles. The molecule has 96 valence electrons. The summed E-state index contributed by atoms with van der Waals surface area (Å²) >= 11 is 0. The molecule has 1 rings (SSSR count). The third-order valence-corrected chi connectivity index (χ3v) is 3.30. The third kappa shape index (κ3) is 3.70. The molecule has 1 aromatic heterocycles. The summed E-state index contributed by atoms with van der Waals surface area (Å²) in [5.41, 5.74) is 1.45. The van der Waals surface area contributed by atoms with Gasteiger partial charge in [0.25, 0.3) is 0 Å². The van der Waals surface area contributed by atoms with Crippen LogP contribution >= 0.6 is 0 Å². The van der Waals surface area contributed by atoms with Gasteiger partial charge in [-0.3, -0.25) is 0 Å². The lowest BCUT2D eigenvalue weighted by molar-refractivity contribution is 0.404. The van der Waals surface area contributed by atoms with Gasteiger partial charge in [0.2, 0.25) is 0 Å². The van der Waals surface area contributed by atoms with E-state index in [4.69, 9.17) is 0 Å². The number of nitrogens with zero attached hydrogens (tertiary/aromatic N) is 2. The van der Waals surface area contributed by atoms with Crippen molar-refractivity contribution in [3.8, 4) is 0 Å². The Balaban J connectivity index is 2.84. The highest BCUT2D eigenvalue weighted by Gasteiger charge is 2.23. The zero-order valence-electron chi connectivity index (χ0n) is 11.9. The molecule has 0 aliphatic heterocycles. The van der Waals surface area contributed by atoms with Crippen LogP contribution in [0.2, 0.25) is 0 Å². The lowest BCUT2D eigenvalue weighted by Crippen LogP contribution is -2.31. The number of nitrogens with one attached hydrogen (secondary N) is 1. The summed E-state index contributed by atoms with van der Waals surface area (Å²) in [7, 11) is 6.03. The van der Waals surface area contributed by atoms with Crippen molar-refractivity contribution in [1.82, 2.24) is 10.3 Å². The minimum atomic E-state index is 0.153. The topological polar surface area (TPSA) is 28.2 Å². The van der Waals surface area contributed by atoms with Gasteiger partial charge in [0.15, 0.2) is 0 Å². The number of pyridine rings is 1. The van der Waals surface area contributed by atoms with Crippen molar-refractivity contribution < 1.29 is 0 Å². The van der Waals surface area contributed by atoms with Gasteiger partial charge in [0.1, 0.15) is 5.82 Å². The van der Waals surface area contributed by atoms with Gasteiger partial charge in [-0.05, 0) is 37.4 Å². The summed E-state index contributed by atoms with van der Waals surface area (Å²) in [6.07, 6.45) is 3.10. The molecule has 1 aromatic rings. The van der Waals surface area contributed by atoms with Gasteiger partial charge in [-0.1, -0.05) is 19.9 Å². The van der Waals surface area contributed by atoms with E-state index in [1.807, 2.05) is 32.2 Å². The number of rotatable bonds is 5. The zero-order chi connectivity index (χ0) is 13.1. The Morgan fingerprint density at radius 3 is 2.41 bits per heavy atom. The largest absolute Gasteiger partial charge is 0.363 e. The summed E-state index contributed by atoms with van der Waals surface area (Å²) < 4.78 is 0. The molecule has 17 heavy (non-hydrogen) atoms. The average molecular weight is 235 g/mol. The summed E-state index contributed by atoms with van der Waals surface area (Å²) in [6, 6.07) is 4.78. The van der Waals surface area contributed by atoms with E-state index in [-0.39, 0.29) is 5.41 Å². The highest BCUT2D eigenvalue weighted by Crippen LogP contribution is 2.28. The van der Waals surface area contributed by atoms with E-state index in [2.05, 4.69) is 43.2 Å². The first-order valence-corrected chi connectivity index (χ1v) is 6.18. The summed E-state index contributed by atoms with van der Waals surface area (Å²) in [6.45, 7) is 6.75. The van der Waals surface area contributed by atoms with Crippen LogP contribution < -0.4 is 10.2 Å². The second kappa shape index (κ2) is 5.50. The lowest BCUT2D eigenvalue weighted by Gasteiger charge is -2.28. The molecule has 0 amide bonds. The Morgan fingerprint density at radius 1 is 1.35 bits per heavy atom. The van der Waals surface area contributed by atoms with Crippen LogP contribution in [0.3, 0.4) is 0 Å². The molecule has 0 aromatic carbocycles. The monoisotopic (exact) mass is 235 g/mol. The molecular weight excluding hydrogens is 210 g/mol. The van der Waals surface area contributed by atoms with Crippen molar-refractivity contribution in [2.24, 2.45) is 0 Å². The molecule has 1 N–H and O–H groups in total. The maximum atomic E-state index is 4.48. The van der Waals surface area contributed by atoms with Gasteiger partial charge >= 0.3 is 0 Å². The van der Waals surface area contributed by atoms with Crippen molar-refractivity contribution in [1.29, 1.82) is 0 Å². The Morgan fingerprint density at radius 2 is 2.00 bits per heavy atom. The van der Waals surface area contributed by atoms with Crippen molar-refractivity contribution >= 4 is 5.82 Å². The first kappa shape index (κ1) is 14.0. The predicted octanol–water partition coefficient (Wildman–Crippen LogP) is 2.42. The number of aromatic nitrogens is 1. The zero-order valence-corrected chi connectivity index (χ0v) is 11.9. The first-order chi connectivity index (χ1) is 7.86. The SMILES string of the molecule is CNC(C)CC(C)(C)c1ccc(N(C)C)nc1. The molecule has 0 spiro atoms. The number of hydrogen-bond acceptors (Lipinski definition) is 3. The second-order valence-corrected chi connectivity index (χ2v) is 5.58. The fourth-order valence-corrected chi connectivity index (χ4v) is 2.04. The third-order valence-electron chi connectivity index (χ3n) is 3.30. The highest BCUT2D eigenvalue weighted by molar-refractivity contribution is 5.38. The summed E-state index contributed by atoms with van der Waals surface area (Å²) in [5, 5.41) is 3.29. The standard InChI is InChI=1S/C14H25N3/c1-11(15-4)9-14(2,3)12-7-8-13(16-10-12)17(5)6/h7-8,10-11,15H,9H2,1-6H3. The lowest BCUT2D eigenvalue weighted by atomic mass is 9.80. The van der Waals surface area contributed by atoms with Crippen LogP contribution in [0.15, 0.2) is 18.3 Å². The van der Waals surface area contributed by atoms with E-state index in [1.165, 1.54) is 5.56 Å². The average Bonchev–Trinajstić information content (AvgIpc) is 2.28. The fraction of sp³-hybridized carbons (Fsp3) is 0.643. The van der Waals surface area contributed by atoms with Crippen LogP contribution in [-0.4, -0.2) is 32.2 Å². The normalized spacial score (nSPS) is 13.5. The molecule has 3 heteroatoms. The molecule has 3 nitrogen and oxygen atoms in total. The molecule has 1 unspecified atom stereocenters. The molecule has 0 aliphatic rings. The Bertz CT molecular complexity index is 341. The quantitative estimate of drug-likeness (QED) is 0.849. The Kier molecular flexibility index (Phi) is 4.52. The van der Waals surface area contributed by atoms with Gasteiger partial charge in [-0.2, -0.15) is 0 Å². The maximum Gasteiger partial charge on any atom is 0.127 e. The molecule has 0 aliphatic carbocycles. The van der Waals surface area contributed by atoms with Crippen LogP contribution in [0.25, 0.3) is 0 Å². The molecule has 0 radical (unpaired) electrons. The van der Waals surface area contributed by atoms with Gasteiger partial charge in [-0.25, -0.2) is 4.98 Å². The van der Waals surface area contributed by atoms with Gasteiger partial charge in [-0.15, -0.1) is 0 Å². The minimum Gasteiger partial charge on any atom is -0.363 e. The second-order valence-electron chi connectivity index (χ2n) is 5.58. The van der Waals surface area contributed by atoms with E-state index < -0.39 is 0 Å². The van der Waals surface area contributed by atoms with Crippen LogP contribution in [0.4, 0.5) is 5.82 Å². The van der Waals surface area contributed by atoms with E-state index in [1.54, 1.807) is 0 Å². The first-order valence-electron chi connectivity index (χ1n) is 6.18. The van der Waals surface area contributed by atoms with E-state index in [9.17, 15) is 0 Å². The number of hydrogen-bond donors (Lipinski definition) is 1. The summed E-state index contributed by atoms with van der Waals surface area (Å²) in [4.78, 5) is 6.50. The molecular formula is C14H25N3. The fourth-order valence-electron chi connectivity index (χ4n) is 2.04. The molecule has 0 bridgehead atoms. The van der Waals surface area contributed by atoms with Crippen molar-refractivity contribution in [3.05, 3.63) is 23.9 Å². The van der Waals surface area contributed by atoms with Crippen molar-refractivity contribution in [3.63, 3.8) is 0 Å². The van der Waals surface area contributed by atoms with Gasteiger partial charge < -0.3 is 10.2 Å². The minimum absolute atomic E-state index is 0.153. The van der Waals surface area contributed by atoms with Crippen LogP contribution in [0.1, 0.15) is 32.8 Å². The number of anilines is 1. The van der Waals surface area contributed by atoms with E-state index in [0.29, 0.717) is 6.04 Å². The van der Waals surface area contributed by atoms with Crippen LogP contribution in [0.5, 0.6) is 0 Å². The van der Waals surface area contributed by atoms with E-state index >= 15 is 0 Å². The molecule has 0 fully saturated rings. The van der Waals surface area contributed by atoms with Gasteiger partial charge in [0.05, 0.1) is 0 Å². The summed E-state index contributed by atoms with van der Waals surface area (Å²) in [5.74, 6) is 1.01. The van der Waals surface area contributed by atoms with Gasteiger partial charge in [0, 0.05) is 26.3 Å². The molecule has 1 heterocycles.